The molecule has 0 saturated heterocycles. The number of rotatable bonds is 3. The van der Waals surface area contributed by atoms with Gasteiger partial charge in [-0.3, -0.25) is 0 Å². The summed E-state index contributed by atoms with van der Waals surface area (Å²) >= 11 is 0. The van der Waals surface area contributed by atoms with Crippen molar-refractivity contribution >= 4 is 16.7 Å². The van der Waals surface area contributed by atoms with E-state index in [9.17, 15) is 9.90 Å². The Balaban J connectivity index is 2.36. The summed E-state index contributed by atoms with van der Waals surface area (Å²) < 4.78 is 4.54. The highest BCUT2D eigenvalue weighted by Gasteiger charge is 2.18. The number of carbonyl (C=O) groups is 1. The lowest BCUT2D eigenvalue weighted by molar-refractivity contribution is -0.137. The predicted molar refractivity (Wildman–Crippen MR) is 70.1 cm³/mol. The molecule has 1 unspecified atom stereocenters. The standard InChI is InChI=1S/C15H14O3/c1-10(15(17)18-2)14(16)13-8-7-11-5-3-4-6-12(11)9-13/h3-9,14,16H,1H2,2H3. The quantitative estimate of drug-likeness (QED) is 0.664. The van der Waals surface area contributed by atoms with Gasteiger partial charge in [-0.1, -0.05) is 43.0 Å². The van der Waals surface area contributed by atoms with Crippen LogP contribution < -0.4 is 0 Å². The van der Waals surface area contributed by atoms with E-state index in [1.807, 2.05) is 36.4 Å². The predicted octanol–water partition coefficient (Wildman–Crippen LogP) is 2.60. The maximum atomic E-state index is 11.3. The molecular formula is C15H14O3. The highest BCUT2D eigenvalue weighted by Crippen LogP contribution is 2.24. The van der Waals surface area contributed by atoms with E-state index < -0.39 is 12.1 Å². The highest BCUT2D eigenvalue weighted by molar-refractivity contribution is 5.89. The molecule has 0 saturated carbocycles. The number of esters is 1. The van der Waals surface area contributed by atoms with Crippen LogP contribution >= 0.6 is 0 Å². The summed E-state index contributed by atoms with van der Waals surface area (Å²) in [6.07, 6.45) is -1.04. The lowest BCUT2D eigenvalue weighted by atomic mass is 9.99. The minimum absolute atomic E-state index is 0.0350. The molecule has 0 heterocycles. The molecule has 0 amide bonds. The zero-order chi connectivity index (χ0) is 13.1. The van der Waals surface area contributed by atoms with E-state index in [0.717, 1.165) is 10.8 Å². The molecular weight excluding hydrogens is 228 g/mol. The molecule has 1 N–H and O–H groups in total. The molecule has 18 heavy (non-hydrogen) atoms. The fraction of sp³-hybridized carbons (Fsp3) is 0.133. The highest BCUT2D eigenvalue weighted by atomic mass is 16.5. The fourth-order valence-electron chi connectivity index (χ4n) is 1.82. The number of benzene rings is 2. The Morgan fingerprint density at radius 1 is 1.22 bits per heavy atom. The first-order chi connectivity index (χ1) is 8.63. The molecule has 3 heteroatoms. The third kappa shape index (κ3) is 2.26. The Hall–Kier alpha value is -2.13. The molecule has 2 aromatic rings. The van der Waals surface area contributed by atoms with Crippen molar-refractivity contribution in [2.24, 2.45) is 0 Å². The van der Waals surface area contributed by atoms with Gasteiger partial charge in [0.25, 0.3) is 0 Å². The third-order valence-corrected chi connectivity index (χ3v) is 2.87. The van der Waals surface area contributed by atoms with Gasteiger partial charge in [-0.15, -0.1) is 0 Å². The second kappa shape index (κ2) is 5.02. The lowest BCUT2D eigenvalue weighted by Gasteiger charge is -2.13. The van der Waals surface area contributed by atoms with Crippen LogP contribution in [0.1, 0.15) is 11.7 Å². The zero-order valence-corrected chi connectivity index (χ0v) is 10.1. The molecule has 3 nitrogen and oxygen atoms in total. The minimum atomic E-state index is -1.04. The van der Waals surface area contributed by atoms with Crippen LogP contribution in [0.4, 0.5) is 0 Å². The summed E-state index contributed by atoms with van der Waals surface area (Å²) in [6.45, 7) is 3.56. The second-order valence-corrected chi connectivity index (χ2v) is 4.03. The van der Waals surface area contributed by atoms with Crippen molar-refractivity contribution in [2.45, 2.75) is 6.10 Å². The summed E-state index contributed by atoms with van der Waals surface area (Å²) in [5.41, 5.74) is 0.664. The molecule has 2 rings (SSSR count). The minimum Gasteiger partial charge on any atom is -0.466 e. The van der Waals surface area contributed by atoms with E-state index in [1.165, 1.54) is 7.11 Å². The number of aliphatic hydroxyl groups is 1. The Kier molecular flexibility index (Phi) is 3.44. The van der Waals surface area contributed by atoms with Gasteiger partial charge in [0.2, 0.25) is 0 Å². The van der Waals surface area contributed by atoms with Gasteiger partial charge in [0, 0.05) is 0 Å². The van der Waals surface area contributed by atoms with Crippen molar-refractivity contribution in [1.82, 2.24) is 0 Å². The second-order valence-electron chi connectivity index (χ2n) is 4.03. The van der Waals surface area contributed by atoms with Crippen molar-refractivity contribution in [3.05, 3.63) is 60.2 Å². The first-order valence-corrected chi connectivity index (χ1v) is 5.57. The molecule has 0 aliphatic rings. The van der Waals surface area contributed by atoms with E-state index in [1.54, 1.807) is 6.07 Å². The molecule has 0 spiro atoms. The normalized spacial score (nSPS) is 12.1. The number of aliphatic hydroxyl groups excluding tert-OH is 1. The smallest absolute Gasteiger partial charge is 0.336 e. The summed E-state index contributed by atoms with van der Waals surface area (Å²) in [5.74, 6) is -0.601. The average Bonchev–Trinajstić information content (AvgIpc) is 2.44. The number of hydrogen-bond donors (Lipinski definition) is 1. The van der Waals surface area contributed by atoms with Crippen LogP contribution in [0, 0.1) is 0 Å². The Labute approximate surface area is 105 Å². The van der Waals surface area contributed by atoms with Crippen molar-refractivity contribution < 1.29 is 14.6 Å². The molecule has 0 bridgehead atoms. The zero-order valence-electron chi connectivity index (χ0n) is 10.1. The molecule has 0 aliphatic heterocycles. The van der Waals surface area contributed by atoms with Crippen LogP contribution in [0.2, 0.25) is 0 Å². The monoisotopic (exact) mass is 242 g/mol. The lowest BCUT2D eigenvalue weighted by Crippen LogP contribution is -2.11. The first kappa shape index (κ1) is 12.3. The van der Waals surface area contributed by atoms with Gasteiger partial charge < -0.3 is 9.84 Å². The van der Waals surface area contributed by atoms with Gasteiger partial charge in [-0.2, -0.15) is 0 Å². The van der Waals surface area contributed by atoms with Crippen molar-refractivity contribution in [3.8, 4) is 0 Å². The van der Waals surface area contributed by atoms with Crippen LogP contribution in [-0.2, 0) is 9.53 Å². The van der Waals surface area contributed by atoms with Gasteiger partial charge in [-0.05, 0) is 22.4 Å². The number of carbonyl (C=O) groups excluding carboxylic acids is 1. The maximum absolute atomic E-state index is 11.3. The molecule has 1 atom stereocenters. The van der Waals surface area contributed by atoms with E-state index in [0.29, 0.717) is 5.56 Å². The van der Waals surface area contributed by atoms with Crippen LogP contribution in [0.3, 0.4) is 0 Å². The van der Waals surface area contributed by atoms with Gasteiger partial charge in [-0.25, -0.2) is 4.79 Å². The van der Waals surface area contributed by atoms with Crippen LogP contribution in [-0.4, -0.2) is 18.2 Å². The van der Waals surface area contributed by atoms with Crippen LogP contribution in [0.15, 0.2) is 54.6 Å². The van der Waals surface area contributed by atoms with Crippen LogP contribution in [0.5, 0.6) is 0 Å². The molecule has 0 fully saturated rings. The van der Waals surface area contributed by atoms with Crippen molar-refractivity contribution in [2.75, 3.05) is 7.11 Å². The van der Waals surface area contributed by atoms with Crippen molar-refractivity contribution in [1.29, 1.82) is 0 Å². The Morgan fingerprint density at radius 3 is 2.56 bits per heavy atom. The summed E-state index contributed by atoms with van der Waals surface area (Å²) in [6, 6.07) is 13.3. The van der Waals surface area contributed by atoms with Crippen LogP contribution in [0.25, 0.3) is 10.8 Å². The Morgan fingerprint density at radius 2 is 1.89 bits per heavy atom. The summed E-state index contributed by atoms with van der Waals surface area (Å²) in [5, 5.41) is 12.1. The van der Waals surface area contributed by atoms with E-state index >= 15 is 0 Å². The topological polar surface area (TPSA) is 46.5 Å². The van der Waals surface area contributed by atoms with E-state index in [-0.39, 0.29) is 5.57 Å². The molecule has 2 aromatic carbocycles. The van der Waals surface area contributed by atoms with Gasteiger partial charge in [0.1, 0.15) is 6.10 Å². The molecule has 0 aromatic heterocycles. The fourth-order valence-corrected chi connectivity index (χ4v) is 1.82. The van der Waals surface area contributed by atoms with E-state index in [4.69, 9.17) is 0 Å². The first-order valence-electron chi connectivity index (χ1n) is 5.57. The number of hydrogen-bond acceptors (Lipinski definition) is 3. The summed E-state index contributed by atoms with van der Waals surface area (Å²) in [4.78, 5) is 11.3. The number of methoxy groups -OCH3 is 1. The maximum Gasteiger partial charge on any atom is 0.336 e. The van der Waals surface area contributed by atoms with Gasteiger partial charge in [0.05, 0.1) is 12.7 Å². The summed E-state index contributed by atoms with van der Waals surface area (Å²) in [7, 11) is 1.26. The molecule has 0 radical (unpaired) electrons. The van der Waals surface area contributed by atoms with Gasteiger partial charge >= 0.3 is 5.97 Å². The molecule has 0 aliphatic carbocycles. The molecule has 92 valence electrons. The third-order valence-electron chi connectivity index (χ3n) is 2.87. The van der Waals surface area contributed by atoms with Crippen molar-refractivity contribution in [3.63, 3.8) is 0 Å². The number of fused-ring (bicyclic) bond motifs is 1. The SMILES string of the molecule is C=C(C(=O)OC)C(O)c1ccc2ccccc2c1. The van der Waals surface area contributed by atoms with E-state index in [2.05, 4.69) is 11.3 Å². The number of ether oxygens (including phenoxy) is 1. The largest absolute Gasteiger partial charge is 0.466 e. The van der Waals surface area contributed by atoms with Gasteiger partial charge in [0.15, 0.2) is 0 Å². The Bertz CT molecular complexity index is 601. The average molecular weight is 242 g/mol.